The second-order valence-electron chi connectivity index (χ2n) is 7.57. The Kier molecular flexibility index (Phi) is 5.87. The van der Waals surface area contributed by atoms with Gasteiger partial charge >= 0.3 is 0 Å². The van der Waals surface area contributed by atoms with Crippen LogP contribution in [0, 0.1) is 0 Å². The molecule has 108 valence electrons. The summed E-state index contributed by atoms with van der Waals surface area (Å²) in [6.45, 7) is 12.6. The van der Waals surface area contributed by atoms with Gasteiger partial charge in [-0.1, -0.05) is 69.1 Å². The molecule has 0 N–H and O–H groups in total. The first-order valence-electron chi connectivity index (χ1n) is 7.35. The van der Waals surface area contributed by atoms with E-state index in [0.29, 0.717) is 0 Å². The maximum absolute atomic E-state index is 5.43. The fraction of sp³-hybridized carbons (Fsp3) is 0.625. The van der Waals surface area contributed by atoms with Crippen molar-refractivity contribution in [2.24, 2.45) is 0 Å². The monoisotopic (exact) mass is 294 g/mol. The van der Waals surface area contributed by atoms with Crippen molar-refractivity contribution in [3.8, 4) is 5.75 Å². The molecule has 0 atom stereocenters. The van der Waals surface area contributed by atoms with Gasteiger partial charge in [0.1, 0.15) is 5.75 Å². The lowest BCUT2D eigenvalue weighted by molar-refractivity contribution is 0.409. The summed E-state index contributed by atoms with van der Waals surface area (Å²) in [7, 11) is -0.135. The summed E-state index contributed by atoms with van der Waals surface area (Å²) in [4.78, 5) is 0. The first kappa shape index (κ1) is 16.5. The fourth-order valence-corrected chi connectivity index (χ4v) is 16.5. The van der Waals surface area contributed by atoms with E-state index in [2.05, 4.69) is 50.9 Å². The highest BCUT2D eigenvalue weighted by Crippen LogP contribution is 2.26. The third-order valence-electron chi connectivity index (χ3n) is 3.50. The molecule has 1 aromatic rings. The van der Waals surface area contributed by atoms with Crippen molar-refractivity contribution in [3.05, 3.63) is 29.8 Å². The normalized spacial score (nSPS) is 12.5. The minimum Gasteiger partial charge on any atom is -0.496 e. The number of ether oxygens (including phenoxy) is 1. The molecule has 0 aliphatic carbocycles. The third-order valence-corrected chi connectivity index (χ3v) is 13.3. The van der Waals surface area contributed by atoms with Gasteiger partial charge in [-0.2, -0.15) is 0 Å². The van der Waals surface area contributed by atoms with Gasteiger partial charge in [0.25, 0.3) is 0 Å². The van der Waals surface area contributed by atoms with Crippen LogP contribution in [-0.4, -0.2) is 23.3 Å². The molecule has 0 bridgehead atoms. The van der Waals surface area contributed by atoms with Crippen molar-refractivity contribution in [1.82, 2.24) is 0 Å². The maximum atomic E-state index is 5.43. The molecule has 0 heterocycles. The number of hydrogen-bond acceptors (Lipinski definition) is 1. The largest absolute Gasteiger partial charge is 0.496 e. The van der Waals surface area contributed by atoms with Crippen molar-refractivity contribution in [2.45, 2.75) is 57.3 Å². The summed E-state index contributed by atoms with van der Waals surface area (Å²) in [6, 6.07) is 9.87. The molecule has 0 radical (unpaired) electrons. The van der Waals surface area contributed by atoms with Gasteiger partial charge in [0.15, 0.2) is 0 Å². The van der Waals surface area contributed by atoms with Gasteiger partial charge in [0.05, 0.1) is 7.11 Å². The SMILES string of the molecule is COc1ccccc1CCC[Si](C)(C)C[Si](C)(C)C. The first-order chi connectivity index (χ1) is 8.73. The van der Waals surface area contributed by atoms with Crippen LogP contribution >= 0.6 is 0 Å². The summed E-state index contributed by atoms with van der Waals surface area (Å²) in [5, 5.41) is 0. The Balaban J connectivity index is 2.49. The minimum atomic E-state index is -0.999. The Morgan fingerprint density at radius 2 is 1.63 bits per heavy atom. The zero-order valence-corrected chi connectivity index (χ0v) is 15.5. The number of aryl methyl sites for hydroxylation is 1. The lowest BCUT2D eigenvalue weighted by Crippen LogP contribution is -2.37. The van der Waals surface area contributed by atoms with Crippen LogP contribution in [0.2, 0.25) is 44.4 Å². The van der Waals surface area contributed by atoms with E-state index < -0.39 is 16.1 Å². The molecule has 0 fully saturated rings. The number of benzene rings is 1. The van der Waals surface area contributed by atoms with Crippen LogP contribution in [0.4, 0.5) is 0 Å². The molecular weight excluding hydrogens is 264 g/mol. The molecule has 0 unspecified atom stereocenters. The molecule has 0 saturated heterocycles. The van der Waals surface area contributed by atoms with Crippen LogP contribution in [0.25, 0.3) is 0 Å². The van der Waals surface area contributed by atoms with Crippen molar-refractivity contribution in [1.29, 1.82) is 0 Å². The molecule has 1 nitrogen and oxygen atoms in total. The molecule has 3 heteroatoms. The topological polar surface area (TPSA) is 9.23 Å². The van der Waals surface area contributed by atoms with Crippen molar-refractivity contribution < 1.29 is 4.74 Å². The Labute approximate surface area is 121 Å². The van der Waals surface area contributed by atoms with E-state index in [0.717, 1.165) is 12.2 Å². The van der Waals surface area contributed by atoms with Crippen molar-refractivity contribution in [2.75, 3.05) is 7.11 Å². The summed E-state index contributed by atoms with van der Waals surface area (Å²) in [5.41, 5.74) is 2.91. The van der Waals surface area contributed by atoms with Gasteiger partial charge < -0.3 is 4.74 Å². The predicted octanol–water partition coefficient (Wildman–Crippen LogP) is 5.21. The Hall–Kier alpha value is -0.546. The number of hydrogen-bond donors (Lipinski definition) is 0. The van der Waals surface area contributed by atoms with Gasteiger partial charge in [-0.05, 0) is 18.1 Å². The van der Waals surface area contributed by atoms with Gasteiger partial charge in [-0.25, -0.2) is 0 Å². The van der Waals surface area contributed by atoms with Crippen LogP contribution in [0.1, 0.15) is 12.0 Å². The Bertz CT molecular complexity index is 394. The quantitative estimate of drug-likeness (QED) is 0.627. The minimum absolute atomic E-state index is 0.903. The molecule has 0 aliphatic rings. The average molecular weight is 295 g/mol. The molecule has 0 aliphatic heterocycles. The summed E-state index contributed by atoms with van der Waals surface area (Å²) >= 11 is 0. The van der Waals surface area contributed by atoms with Gasteiger partial charge in [-0.15, -0.1) is 0 Å². The number of methoxy groups -OCH3 is 1. The molecule has 1 aromatic carbocycles. The lowest BCUT2D eigenvalue weighted by atomic mass is 10.1. The van der Waals surface area contributed by atoms with E-state index in [1.807, 2.05) is 6.07 Å². The highest BCUT2D eigenvalue weighted by Gasteiger charge is 2.27. The Morgan fingerprint density at radius 3 is 2.21 bits per heavy atom. The predicted molar refractivity (Wildman–Crippen MR) is 91.8 cm³/mol. The molecule has 0 saturated carbocycles. The van der Waals surface area contributed by atoms with Crippen LogP contribution in [0.3, 0.4) is 0 Å². The molecule has 0 spiro atoms. The summed E-state index contributed by atoms with van der Waals surface area (Å²) < 4.78 is 5.43. The van der Waals surface area contributed by atoms with E-state index in [4.69, 9.17) is 4.74 Å². The van der Waals surface area contributed by atoms with Crippen LogP contribution in [0.15, 0.2) is 24.3 Å². The van der Waals surface area contributed by atoms with E-state index in [1.165, 1.54) is 18.0 Å². The van der Waals surface area contributed by atoms with Crippen molar-refractivity contribution in [3.63, 3.8) is 0 Å². The van der Waals surface area contributed by atoms with E-state index in [1.54, 1.807) is 12.8 Å². The molecule has 19 heavy (non-hydrogen) atoms. The fourth-order valence-electron chi connectivity index (χ4n) is 3.19. The molecule has 0 aromatic heterocycles. The molecular formula is C16H30OSi2. The molecule has 0 amide bonds. The number of para-hydroxylation sites is 1. The summed E-state index contributed by atoms with van der Waals surface area (Å²) in [6.07, 6.45) is 2.47. The number of rotatable bonds is 7. The smallest absolute Gasteiger partial charge is 0.122 e. The van der Waals surface area contributed by atoms with Gasteiger partial charge in [0.2, 0.25) is 0 Å². The average Bonchev–Trinajstić information content (AvgIpc) is 2.26. The van der Waals surface area contributed by atoms with Gasteiger partial charge in [0, 0.05) is 16.1 Å². The van der Waals surface area contributed by atoms with Crippen molar-refractivity contribution >= 4 is 16.1 Å². The Morgan fingerprint density at radius 1 is 1.00 bits per heavy atom. The van der Waals surface area contributed by atoms with Crippen LogP contribution in [0.5, 0.6) is 5.75 Å². The second-order valence-corrected chi connectivity index (χ2v) is 18.9. The highest BCUT2D eigenvalue weighted by atomic mass is 28.4. The van der Waals surface area contributed by atoms with Crippen LogP contribution < -0.4 is 4.74 Å². The third kappa shape index (κ3) is 6.43. The second kappa shape index (κ2) is 6.75. The van der Waals surface area contributed by atoms with E-state index in [9.17, 15) is 0 Å². The zero-order chi connectivity index (χ0) is 14.5. The zero-order valence-electron chi connectivity index (χ0n) is 13.5. The van der Waals surface area contributed by atoms with E-state index in [-0.39, 0.29) is 0 Å². The maximum Gasteiger partial charge on any atom is 0.122 e. The standard InChI is InChI=1S/C16H30OSi2/c1-17-16-12-8-7-10-15(16)11-9-13-19(5,6)14-18(2,3)4/h7-8,10,12H,9,11,13-14H2,1-6H3. The first-order valence-corrected chi connectivity index (χ1v) is 14.5. The van der Waals surface area contributed by atoms with Crippen LogP contribution in [-0.2, 0) is 6.42 Å². The lowest BCUT2D eigenvalue weighted by Gasteiger charge is -2.29. The van der Waals surface area contributed by atoms with E-state index >= 15 is 0 Å². The highest BCUT2D eigenvalue weighted by molar-refractivity contribution is 6.94. The summed E-state index contributed by atoms with van der Waals surface area (Å²) in [5.74, 6) is 1.05. The molecule has 1 rings (SSSR count). The van der Waals surface area contributed by atoms with Gasteiger partial charge in [-0.3, -0.25) is 0 Å².